The Kier molecular flexibility index (Phi) is 7.29. The number of carbonyl (C=O) groups excluding carboxylic acids is 2. The van der Waals surface area contributed by atoms with Crippen LogP contribution in [0.25, 0.3) is 0 Å². The van der Waals surface area contributed by atoms with Gasteiger partial charge in [-0.15, -0.1) is 6.58 Å². The lowest BCUT2D eigenvalue weighted by Crippen LogP contribution is -2.65. The van der Waals surface area contributed by atoms with E-state index in [4.69, 9.17) is 0 Å². The van der Waals surface area contributed by atoms with Crippen LogP contribution in [0.1, 0.15) is 34.1 Å². The zero-order valence-electron chi connectivity index (χ0n) is 13.6. The fraction of sp³-hybridized carbons (Fsp3) is 0.750. The highest BCUT2D eigenvalue weighted by atomic mass is 32.2. The SMILES string of the molecule is C=CCSCCN1C(=O)C(CC(C)C)NC(=O)C1C(C)C. The minimum Gasteiger partial charge on any atom is -0.342 e. The largest absolute Gasteiger partial charge is 0.342 e. The van der Waals surface area contributed by atoms with Crippen LogP contribution in [0.5, 0.6) is 0 Å². The lowest BCUT2D eigenvalue weighted by atomic mass is 9.94. The molecule has 1 heterocycles. The van der Waals surface area contributed by atoms with Crippen molar-refractivity contribution in [2.24, 2.45) is 11.8 Å². The summed E-state index contributed by atoms with van der Waals surface area (Å²) in [7, 11) is 0. The molecule has 120 valence electrons. The monoisotopic (exact) mass is 312 g/mol. The maximum absolute atomic E-state index is 12.7. The molecule has 0 bridgehead atoms. The number of amides is 2. The van der Waals surface area contributed by atoms with Crippen LogP contribution >= 0.6 is 11.8 Å². The summed E-state index contributed by atoms with van der Waals surface area (Å²) < 4.78 is 0. The van der Waals surface area contributed by atoms with E-state index in [-0.39, 0.29) is 29.8 Å². The lowest BCUT2D eigenvalue weighted by molar-refractivity contribution is -0.151. The molecule has 1 saturated heterocycles. The first kappa shape index (κ1) is 18.1. The fourth-order valence-electron chi connectivity index (χ4n) is 2.67. The zero-order chi connectivity index (χ0) is 16.0. The van der Waals surface area contributed by atoms with Crippen LogP contribution in [0.15, 0.2) is 12.7 Å². The standard InChI is InChI=1S/C16H28N2O2S/c1-6-8-21-9-7-18-14(12(4)5)15(19)17-13(16(18)20)10-11(2)3/h6,11-14H,1,7-10H2,2-5H3,(H,17,19). The summed E-state index contributed by atoms with van der Waals surface area (Å²) in [6, 6.07) is -0.706. The van der Waals surface area contributed by atoms with Crippen molar-refractivity contribution in [2.45, 2.75) is 46.2 Å². The molecule has 4 nitrogen and oxygen atoms in total. The van der Waals surface area contributed by atoms with Crippen molar-refractivity contribution < 1.29 is 9.59 Å². The molecule has 5 heteroatoms. The van der Waals surface area contributed by atoms with Crippen molar-refractivity contribution in [3.63, 3.8) is 0 Å². The fourth-order valence-corrected chi connectivity index (χ4v) is 3.33. The molecule has 0 aromatic heterocycles. The van der Waals surface area contributed by atoms with Crippen LogP contribution in [0.3, 0.4) is 0 Å². The number of nitrogens with zero attached hydrogens (tertiary/aromatic N) is 1. The number of hydrogen-bond acceptors (Lipinski definition) is 3. The second-order valence-electron chi connectivity index (χ2n) is 6.27. The second kappa shape index (κ2) is 8.47. The van der Waals surface area contributed by atoms with Gasteiger partial charge in [-0.1, -0.05) is 33.8 Å². The van der Waals surface area contributed by atoms with Crippen LogP contribution in [0, 0.1) is 11.8 Å². The first-order valence-electron chi connectivity index (χ1n) is 7.68. The number of nitrogens with one attached hydrogen (secondary N) is 1. The van der Waals surface area contributed by atoms with E-state index in [0.29, 0.717) is 18.9 Å². The molecule has 0 radical (unpaired) electrons. The van der Waals surface area contributed by atoms with Crippen molar-refractivity contribution in [1.29, 1.82) is 0 Å². The molecule has 1 fully saturated rings. The highest BCUT2D eigenvalue weighted by Crippen LogP contribution is 2.21. The minimum atomic E-state index is -0.364. The average molecular weight is 312 g/mol. The van der Waals surface area contributed by atoms with Crippen LogP contribution in [-0.2, 0) is 9.59 Å². The Labute approximate surface area is 132 Å². The van der Waals surface area contributed by atoms with Gasteiger partial charge < -0.3 is 10.2 Å². The number of thioether (sulfide) groups is 1. The summed E-state index contributed by atoms with van der Waals surface area (Å²) in [5.74, 6) is 2.27. The molecule has 2 unspecified atom stereocenters. The number of piperazine rings is 1. The van der Waals surface area contributed by atoms with E-state index >= 15 is 0 Å². The van der Waals surface area contributed by atoms with E-state index in [1.54, 1.807) is 16.7 Å². The molecule has 2 amide bonds. The van der Waals surface area contributed by atoms with Gasteiger partial charge in [-0.05, 0) is 18.3 Å². The van der Waals surface area contributed by atoms with Crippen LogP contribution in [0.2, 0.25) is 0 Å². The minimum absolute atomic E-state index is 0.0102. The maximum atomic E-state index is 12.7. The molecule has 2 atom stereocenters. The predicted octanol–water partition coefficient (Wildman–Crippen LogP) is 2.30. The summed E-state index contributed by atoms with van der Waals surface area (Å²) >= 11 is 1.74. The smallest absolute Gasteiger partial charge is 0.245 e. The Bertz CT molecular complexity index is 382. The number of carbonyl (C=O) groups is 2. The molecular formula is C16H28N2O2S. The Balaban J connectivity index is 2.79. The molecule has 0 saturated carbocycles. The summed E-state index contributed by atoms with van der Waals surface area (Å²) in [5.41, 5.74) is 0. The highest BCUT2D eigenvalue weighted by Gasteiger charge is 2.41. The summed E-state index contributed by atoms with van der Waals surface area (Å²) in [6.45, 7) is 12.4. The van der Waals surface area contributed by atoms with E-state index in [1.807, 2.05) is 19.9 Å². The van der Waals surface area contributed by atoms with Gasteiger partial charge >= 0.3 is 0 Å². The molecule has 0 aromatic carbocycles. The number of hydrogen-bond donors (Lipinski definition) is 1. The Morgan fingerprint density at radius 1 is 1.33 bits per heavy atom. The van der Waals surface area contributed by atoms with Gasteiger partial charge in [-0.3, -0.25) is 9.59 Å². The third-order valence-corrected chi connectivity index (χ3v) is 4.50. The molecule has 1 aliphatic heterocycles. The second-order valence-corrected chi connectivity index (χ2v) is 7.42. The van der Waals surface area contributed by atoms with Gasteiger partial charge in [0.25, 0.3) is 0 Å². The van der Waals surface area contributed by atoms with Crippen LogP contribution in [-0.4, -0.2) is 46.8 Å². The van der Waals surface area contributed by atoms with Gasteiger partial charge in [0, 0.05) is 18.1 Å². The van der Waals surface area contributed by atoms with E-state index in [9.17, 15) is 9.59 Å². The van der Waals surface area contributed by atoms with Crippen molar-refractivity contribution >= 4 is 23.6 Å². The number of rotatable bonds is 8. The summed E-state index contributed by atoms with van der Waals surface area (Å²) in [4.78, 5) is 26.8. The van der Waals surface area contributed by atoms with Crippen molar-refractivity contribution in [1.82, 2.24) is 10.2 Å². The summed E-state index contributed by atoms with van der Waals surface area (Å²) in [5, 5.41) is 2.91. The Hall–Kier alpha value is -0.970. The first-order valence-corrected chi connectivity index (χ1v) is 8.83. The molecule has 0 aromatic rings. The first-order chi connectivity index (χ1) is 9.88. The molecule has 0 aliphatic carbocycles. The average Bonchev–Trinajstić information content (AvgIpc) is 2.38. The Morgan fingerprint density at radius 2 is 2.00 bits per heavy atom. The predicted molar refractivity (Wildman–Crippen MR) is 89.2 cm³/mol. The van der Waals surface area contributed by atoms with Crippen molar-refractivity contribution in [3.8, 4) is 0 Å². The zero-order valence-corrected chi connectivity index (χ0v) is 14.4. The van der Waals surface area contributed by atoms with Gasteiger partial charge in [-0.25, -0.2) is 0 Å². The van der Waals surface area contributed by atoms with E-state index in [0.717, 1.165) is 11.5 Å². The van der Waals surface area contributed by atoms with Crippen LogP contribution < -0.4 is 5.32 Å². The van der Waals surface area contributed by atoms with Gasteiger partial charge in [-0.2, -0.15) is 11.8 Å². The molecular weight excluding hydrogens is 284 g/mol. The van der Waals surface area contributed by atoms with Gasteiger partial charge in [0.15, 0.2) is 0 Å². The van der Waals surface area contributed by atoms with E-state index in [2.05, 4.69) is 25.7 Å². The Morgan fingerprint density at radius 3 is 2.52 bits per heavy atom. The highest BCUT2D eigenvalue weighted by molar-refractivity contribution is 7.99. The van der Waals surface area contributed by atoms with Crippen LogP contribution in [0.4, 0.5) is 0 Å². The van der Waals surface area contributed by atoms with Gasteiger partial charge in [0.2, 0.25) is 11.8 Å². The molecule has 1 rings (SSSR count). The van der Waals surface area contributed by atoms with Crippen molar-refractivity contribution in [3.05, 3.63) is 12.7 Å². The molecule has 1 aliphatic rings. The summed E-state index contributed by atoms with van der Waals surface area (Å²) in [6.07, 6.45) is 2.56. The molecule has 1 N–H and O–H groups in total. The lowest BCUT2D eigenvalue weighted by Gasteiger charge is -2.41. The quantitative estimate of drug-likeness (QED) is 0.553. The van der Waals surface area contributed by atoms with Gasteiger partial charge in [0.05, 0.1) is 0 Å². The molecule has 21 heavy (non-hydrogen) atoms. The third-order valence-electron chi connectivity index (χ3n) is 3.55. The maximum Gasteiger partial charge on any atom is 0.245 e. The topological polar surface area (TPSA) is 49.4 Å². The molecule has 0 spiro atoms. The van der Waals surface area contributed by atoms with Crippen molar-refractivity contribution in [2.75, 3.05) is 18.1 Å². The van der Waals surface area contributed by atoms with E-state index < -0.39 is 0 Å². The third kappa shape index (κ3) is 5.06. The normalized spacial score (nSPS) is 22.9. The van der Waals surface area contributed by atoms with E-state index in [1.165, 1.54) is 0 Å². The van der Waals surface area contributed by atoms with Gasteiger partial charge in [0.1, 0.15) is 12.1 Å².